The zero-order valence-corrected chi connectivity index (χ0v) is 12.8. The van der Waals surface area contributed by atoms with Crippen molar-refractivity contribution >= 4 is 17.3 Å². The van der Waals surface area contributed by atoms with Crippen molar-refractivity contribution in [3.8, 4) is 0 Å². The van der Waals surface area contributed by atoms with E-state index in [9.17, 15) is 4.79 Å². The minimum Gasteiger partial charge on any atom is -0.465 e. The van der Waals surface area contributed by atoms with Crippen molar-refractivity contribution in [1.29, 1.82) is 0 Å². The number of carbonyl (C=O) groups excluding carboxylic acids is 1. The fourth-order valence-corrected chi connectivity index (χ4v) is 3.38. The normalized spacial score (nSPS) is 18.9. The van der Waals surface area contributed by atoms with Crippen LogP contribution in [0.4, 0.5) is 11.4 Å². The number of methoxy groups -OCH3 is 1. The van der Waals surface area contributed by atoms with Crippen molar-refractivity contribution in [3.05, 3.63) is 23.8 Å². The summed E-state index contributed by atoms with van der Waals surface area (Å²) in [6.07, 6.45) is 6.31. The average molecular weight is 288 g/mol. The highest BCUT2D eigenvalue weighted by Gasteiger charge is 2.22. The molecule has 0 N–H and O–H groups in total. The summed E-state index contributed by atoms with van der Waals surface area (Å²) < 4.78 is 4.87. The molecule has 0 atom stereocenters. The van der Waals surface area contributed by atoms with Gasteiger partial charge in [-0.2, -0.15) is 0 Å². The summed E-state index contributed by atoms with van der Waals surface area (Å²) in [4.78, 5) is 16.7. The van der Waals surface area contributed by atoms with Gasteiger partial charge in [-0.05, 0) is 50.3 Å². The van der Waals surface area contributed by atoms with Gasteiger partial charge < -0.3 is 14.5 Å². The fourth-order valence-electron chi connectivity index (χ4n) is 3.38. The maximum atomic E-state index is 11.8. The summed E-state index contributed by atoms with van der Waals surface area (Å²) in [7, 11) is 1.44. The van der Waals surface area contributed by atoms with E-state index in [1.165, 1.54) is 50.6 Å². The van der Waals surface area contributed by atoms with E-state index >= 15 is 0 Å². The topological polar surface area (TPSA) is 32.8 Å². The van der Waals surface area contributed by atoms with Crippen molar-refractivity contribution in [2.45, 2.75) is 32.1 Å². The molecule has 2 fully saturated rings. The smallest absolute Gasteiger partial charge is 0.337 e. The zero-order valence-electron chi connectivity index (χ0n) is 12.8. The number of nitrogens with zero attached hydrogens (tertiary/aromatic N) is 2. The lowest BCUT2D eigenvalue weighted by Gasteiger charge is -2.33. The number of benzene rings is 1. The molecular formula is C17H24N2O2. The van der Waals surface area contributed by atoms with Crippen molar-refractivity contribution in [2.75, 3.05) is 43.1 Å². The van der Waals surface area contributed by atoms with Crippen LogP contribution in [0.15, 0.2) is 18.2 Å². The van der Waals surface area contributed by atoms with Gasteiger partial charge >= 0.3 is 5.97 Å². The molecule has 1 aromatic carbocycles. The predicted molar refractivity (Wildman–Crippen MR) is 85.3 cm³/mol. The molecule has 4 nitrogen and oxygen atoms in total. The molecule has 2 aliphatic heterocycles. The summed E-state index contributed by atoms with van der Waals surface area (Å²) >= 11 is 0. The molecule has 2 heterocycles. The first-order valence-electron chi connectivity index (χ1n) is 8.02. The van der Waals surface area contributed by atoms with Crippen LogP contribution in [0.5, 0.6) is 0 Å². The van der Waals surface area contributed by atoms with Gasteiger partial charge in [-0.25, -0.2) is 4.79 Å². The molecule has 0 aromatic heterocycles. The highest BCUT2D eigenvalue weighted by molar-refractivity contribution is 5.92. The van der Waals surface area contributed by atoms with E-state index in [2.05, 4.69) is 15.9 Å². The summed E-state index contributed by atoms with van der Waals surface area (Å²) in [5.41, 5.74) is 3.14. The zero-order chi connectivity index (χ0) is 14.7. The number of ether oxygens (including phenoxy) is 1. The Morgan fingerprint density at radius 2 is 1.48 bits per heavy atom. The second-order valence-electron chi connectivity index (χ2n) is 5.94. The Balaban J connectivity index is 1.95. The predicted octanol–water partition coefficient (Wildman–Crippen LogP) is 3.06. The van der Waals surface area contributed by atoms with Gasteiger partial charge in [-0.15, -0.1) is 0 Å². The van der Waals surface area contributed by atoms with E-state index in [0.717, 1.165) is 26.2 Å². The van der Waals surface area contributed by atoms with Crippen LogP contribution in [0.25, 0.3) is 0 Å². The third kappa shape index (κ3) is 2.99. The lowest BCUT2D eigenvalue weighted by molar-refractivity contribution is 0.0601. The van der Waals surface area contributed by atoms with E-state index in [1.54, 1.807) is 0 Å². The molecule has 114 valence electrons. The van der Waals surface area contributed by atoms with Crippen molar-refractivity contribution < 1.29 is 9.53 Å². The number of hydrogen-bond acceptors (Lipinski definition) is 4. The SMILES string of the molecule is COC(=O)c1ccc(N2CCCC2)c(N2CCCCC2)c1. The van der Waals surface area contributed by atoms with Gasteiger partial charge in [0.2, 0.25) is 0 Å². The van der Waals surface area contributed by atoms with Gasteiger partial charge in [0.1, 0.15) is 0 Å². The number of rotatable bonds is 3. The number of hydrogen-bond donors (Lipinski definition) is 0. The molecule has 0 aliphatic carbocycles. The molecule has 3 rings (SSSR count). The summed E-state index contributed by atoms with van der Waals surface area (Å²) in [5, 5.41) is 0. The molecule has 21 heavy (non-hydrogen) atoms. The van der Waals surface area contributed by atoms with Gasteiger partial charge in [-0.3, -0.25) is 0 Å². The minimum atomic E-state index is -0.249. The molecular weight excluding hydrogens is 264 g/mol. The molecule has 0 radical (unpaired) electrons. The van der Waals surface area contributed by atoms with Gasteiger partial charge in [-0.1, -0.05) is 0 Å². The maximum Gasteiger partial charge on any atom is 0.337 e. The third-order valence-corrected chi connectivity index (χ3v) is 4.54. The Morgan fingerprint density at radius 3 is 2.10 bits per heavy atom. The Hall–Kier alpha value is -1.71. The van der Waals surface area contributed by atoms with Crippen LogP contribution in [-0.2, 0) is 4.74 Å². The summed E-state index contributed by atoms with van der Waals surface area (Å²) in [5.74, 6) is -0.249. The van der Waals surface area contributed by atoms with Crippen LogP contribution in [0.3, 0.4) is 0 Å². The van der Waals surface area contributed by atoms with Crippen LogP contribution >= 0.6 is 0 Å². The Kier molecular flexibility index (Phi) is 4.32. The monoisotopic (exact) mass is 288 g/mol. The van der Waals surface area contributed by atoms with E-state index in [1.807, 2.05) is 12.1 Å². The Morgan fingerprint density at radius 1 is 0.905 bits per heavy atom. The van der Waals surface area contributed by atoms with Gasteiger partial charge in [0.25, 0.3) is 0 Å². The van der Waals surface area contributed by atoms with Crippen LogP contribution in [0.1, 0.15) is 42.5 Å². The molecule has 2 aliphatic rings. The second kappa shape index (κ2) is 6.37. The van der Waals surface area contributed by atoms with E-state index < -0.39 is 0 Å². The van der Waals surface area contributed by atoms with E-state index in [4.69, 9.17) is 4.74 Å². The lowest BCUT2D eigenvalue weighted by Crippen LogP contribution is -2.32. The average Bonchev–Trinajstić information content (AvgIpc) is 3.08. The first kappa shape index (κ1) is 14.2. The van der Waals surface area contributed by atoms with Gasteiger partial charge in [0.05, 0.1) is 24.0 Å². The van der Waals surface area contributed by atoms with Crippen molar-refractivity contribution in [1.82, 2.24) is 0 Å². The number of anilines is 2. The van der Waals surface area contributed by atoms with Crippen LogP contribution in [-0.4, -0.2) is 39.3 Å². The minimum absolute atomic E-state index is 0.249. The van der Waals surface area contributed by atoms with Gasteiger partial charge in [0.15, 0.2) is 0 Å². The fraction of sp³-hybridized carbons (Fsp3) is 0.588. The van der Waals surface area contributed by atoms with Crippen molar-refractivity contribution in [3.63, 3.8) is 0 Å². The second-order valence-corrected chi connectivity index (χ2v) is 5.94. The number of esters is 1. The van der Waals surface area contributed by atoms with E-state index in [0.29, 0.717) is 5.56 Å². The Bertz CT molecular complexity index is 504. The first-order valence-corrected chi connectivity index (χ1v) is 8.02. The van der Waals surface area contributed by atoms with Crippen LogP contribution < -0.4 is 9.80 Å². The molecule has 0 amide bonds. The quantitative estimate of drug-likeness (QED) is 0.800. The molecule has 0 bridgehead atoms. The molecule has 0 unspecified atom stereocenters. The molecule has 4 heteroatoms. The molecule has 1 aromatic rings. The van der Waals surface area contributed by atoms with Crippen LogP contribution in [0.2, 0.25) is 0 Å². The summed E-state index contributed by atoms with van der Waals surface area (Å²) in [6, 6.07) is 6.01. The third-order valence-electron chi connectivity index (χ3n) is 4.54. The highest BCUT2D eigenvalue weighted by Crippen LogP contribution is 2.34. The largest absolute Gasteiger partial charge is 0.465 e. The maximum absolute atomic E-state index is 11.8. The standard InChI is InChI=1S/C17H24N2O2/c1-21-17(20)14-7-8-15(18-11-5-6-12-18)16(13-14)19-9-3-2-4-10-19/h7-8,13H,2-6,9-12H2,1H3. The van der Waals surface area contributed by atoms with Gasteiger partial charge in [0, 0.05) is 26.2 Å². The highest BCUT2D eigenvalue weighted by atomic mass is 16.5. The van der Waals surface area contributed by atoms with Crippen molar-refractivity contribution in [2.24, 2.45) is 0 Å². The molecule has 2 saturated heterocycles. The lowest BCUT2D eigenvalue weighted by atomic mass is 10.1. The molecule has 0 spiro atoms. The van der Waals surface area contributed by atoms with E-state index in [-0.39, 0.29) is 5.97 Å². The van der Waals surface area contributed by atoms with Crippen LogP contribution in [0, 0.1) is 0 Å². The number of carbonyl (C=O) groups is 1. The number of piperidine rings is 1. The summed E-state index contributed by atoms with van der Waals surface area (Å²) in [6.45, 7) is 4.42. The Labute approximate surface area is 126 Å². The molecule has 0 saturated carbocycles. The first-order chi connectivity index (χ1) is 10.3.